The fourth-order valence-corrected chi connectivity index (χ4v) is 2.09. The highest BCUT2D eigenvalue weighted by molar-refractivity contribution is 5.75. The molecule has 0 aromatic heterocycles. The quantitative estimate of drug-likeness (QED) is 0.611. The molecule has 2 rings (SSSR count). The van der Waals surface area contributed by atoms with Crippen LogP contribution in [0.3, 0.4) is 0 Å². The largest absolute Gasteiger partial charge is 0.398 e. The number of nitrogens with one attached hydrogen (secondary N) is 1. The summed E-state index contributed by atoms with van der Waals surface area (Å²) < 4.78 is 0. The minimum Gasteiger partial charge on any atom is -0.398 e. The van der Waals surface area contributed by atoms with Crippen molar-refractivity contribution in [3.8, 4) is 0 Å². The van der Waals surface area contributed by atoms with E-state index in [-0.39, 0.29) is 6.03 Å². The minimum atomic E-state index is 0.0409. The molecule has 0 saturated heterocycles. The molecule has 1 saturated carbocycles. The third-order valence-electron chi connectivity index (χ3n) is 3.45. The van der Waals surface area contributed by atoms with E-state index in [1.54, 1.807) is 0 Å². The molecule has 1 aliphatic rings. The number of amides is 2. The molecular weight excluding hydrogens is 238 g/mol. The van der Waals surface area contributed by atoms with E-state index in [0.29, 0.717) is 12.6 Å². The second kappa shape index (κ2) is 6.45. The fraction of sp³-hybridized carbons (Fsp3) is 0.533. The number of nitrogen functional groups attached to an aromatic ring is 1. The molecule has 0 radical (unpaired) electrons. The number of unbranched alkanes of at least 4 members (excludes halogenated alkanes) is 1. The fourth-order valence-electron chi connectivity index (χ4n) is 2.09. The van der Waals surface area contributed by atoms with Gasteiger partial charge in [-0.25, -0.2) is 4.79 Å². The molecule has 0 atom stereocenters. The summed E-state index contributed by atoms with van der Waals surface area (Å²) in [6.45, 7) is 3.48. The maximum Gasteiger partial charge on any atom is 0.317 e. The molecule has 1 fully saturated rings. The first-order chi connectivity index (χ1) is 9.22. The molecule has 19 heavy (non-hydrogen) atoms. The van der Waals surface area contributed by atoms with Crippen molar-refractivity contribution < 1.29 is 4.79 Å². The molecular formula is C15H23N3O. The third-order valence-corrected chi connectivity index (χ3v) is 3.45. The molecule has 0 spiro atoms. The molecule has 1 aliphatic carbocycles. The number of benzene rings is 1. The average Bonchev–Trinajstić information content (AvgIpc) is 3.22. The summed E-state index contributed by atoms with van der Waals surface area (Å²) in [5.41, 5.74) is 7.74. The van der Waals surface area contributed by atoms with E-state index >= 15 is 0 Å². The van der Waals surface area contributed by atoms with Gasteiger partial charge in [0.2, 0.25) is 0 Å². The summed E-state index contributed by atoms with van der Waals surface area (Å²) in [7, 11) is 0. The maximum atomic E-state index is 12.2. The lowest BCUT2D eigenvalue weighted by atomic mass is 10.1. The van der Waals surface area contributed by atoms with Gasteiger partial charge in [-0.05, 0) is 30.9 Å². The maximum absolute atomic E-state index is 12.2. The zero-order valence-corrected chi connectivity index (χ0v) is 11.6. The first kappa shape index (κ1) is 13.7. The number of anilines is 1. The van der Waals surface area contributed by atoms with Crippen molar-refractivity contribution in [1.29, 1.82) is 0 Å². The molecule has 2 amide bonds. The van der Waals surface area contributed by atoms with Gasteiger partial charge in [0.25, 0.3) is 0 Å². The van der Waals surface area contributed by atoms with E-state index in [0.717, 1.165) is 43.5 Å². The van der Waals surface area contributed by atoms with E-state index < -0.39 is 0 Å². The number of rotatable bonds is 6. The van der Waals surface area contributed by atoms with Gasteiger partial charge >= 0.3 is 6.03 Å². The third kappa shape index (κ3) is 3.88. The zero-order chi connectivity index (χ0) is 13.7. The van der Waals surface area contributed by atoms with Crippen molar-refractivity contribution >= 4 is 11.7 Å². The number of carbonyl (C=O) groups excluding carboxylic acids is 1. The Labute approximate surface area is 115 Å². The second-order valence-corrected chi connectivity index (χ2v) is 5.14. The van der Waals surface area contributed by atoms with Gasteiger partial charge < -0.3 is 16.0 Å². The highest BCUT2D eigenvalue weighted by atomic mass is 16.2. The number of urea groups is 1. The van der Waals surface area contributed by atoms with Gasteiger partial charge in [0.1, 0.15) is 0 Å². The molecule has 1 aromatic carbocycles. The summed E-state index contributed by atoms with van der Waals surface area (Å²) in [6, 6.07) is 8.19. The van der Waals surface area contributed by atoms with Crippen LogP contribution in [0.4, 0.5) is 10.5 Å². The predicted octanol–water partition coefficient (Wildman–Crippen LogP) is 2.74. The summed E-state index contributed by atoms with van der Waals surface area (Å²) in [5.74, 6) is 0. The van der Waals surface area contributed by atoms with Gasteiger partial charge in [0.15, 0.2) is 0 Å². The number of carbonyl (C=O) groups is 1. The molecule has 0 unspecified atom stereocenters. The van der Waals surface area contributed by atoms with Gasteiger partial charge in [0.05, 0.1) is 0 Å². The van der Waals surface area contributed by atoms with Crippen molar-refractivity contribution in [3.05, 3.63) is 29.8 Å². The Bertz CT molecular complexity index is 429. The van der Waals surface area contributed by atoms with Crippen molar-refractivity contribution in [3.63, 3.8) is 0 Å². The lowest BCUT2D eigenvalue weighted by Crippen LogP contribution is -2.41. The van der Waals surface area contributed by atoms with E-state index in [9.17, 15) is 4.79 Å². The lowest BCUT2D eigenvalue weighted by molar-refractivity contribution is 0.192. The van der Waals surface area contributed by atoms with Crippen LogP contribution in [0.1, 0.15) is 38.2 Å². The van der Waals surface area contributed by atoms with E-state index in [1.165, 1.54) is 0 Å². The van der Waals surface area contributed by atoms with Crippen LogP contribution in [0, 0.1) is 0 Å². The average molecular weight is 261 g/mol. The number of nitrogens with zero attached hydrogens (tertiary/aromatic N) is 1. The molecule has 1 aromatic rings. The van der Waals surface area contributed by atoms with Crippen LogP contribution in [0.5, 0.6) is 0 Å². The van der Waals surface area contributed by atoms with Crippen molar-refractivity contribution in [2.24, 2.45) is 0 Å². The lowest BCUT2D eigenvalue weighted by Gasteiger charge is -2.23. The Hall–Kier alpha value is -1.71. The number of nitrogens with two attached hydrogens (primary N) is 1. The molecule has 0 heterocycles. The van der Waals surface area contributed by atoms with Crippen LogP contribution in [0.2, 0.25) is 0 Å². The monoisotopic (exact) mass is 261 g/mol. The number of hydrogen-bond acceptors (Lipinski definition) is 2. The van der Waals surface area contributed by atoms with Gasteiger partial charge in [-0.1, -0.05) is 31.5 Å². The first-order valence-electron chi connectivity index (χ1n) is 7.10. The van der Waals surface area contributed by atoms with Gasteiger partial charge in [-0.2, -0.15) is 0 Å². The van der Waals surface area contributed by atoms with Crippen LogP contribution >= 0.6 is 0 Å². The molecule has 0 aliphatic heterocycles. The van der Waals surface area contributed by atoms with Crippen molar-refractivity contribution in [2.75, 3.05) is 12.3 Å². The van der Waals surface area contributed by atoms with Crippen LogP contribution in [0.15, 0.2) is 24.3 Å². The van der Waals surface area contributed by atoms with Crippen LogP contribution < -0.4 is 11.1 Å². The van der Waals surface area contributed by atoms with Gasteiger partial charge in [-0.3, -0.25) is 0 Å². The van der Waals surface area contributed by atoms with Crippen molar-refractivity contribution in [1.82, 2.24) is 10.2 Å². The topological polar surface area (TPSA) is 58.4 Å². The van der Waals surface area contributed by atoms with Crippen LogP contribution in [-0.2, 0) is 6.54 Å². The summed E-state index contributed by atoms with van der Waals surface area (Å²) >= 11 is 0. The highest BCUT2D eigenvalue weighted by Gasteiger charge is 2.32. The zero-order valence-electron chi connectivity index (χ0n) is 11.6. The standard InChI is InChI=1S/C15H23N3O/c1-2-3-10-17-15(19)18(13-8-9-13)11-12-6-4-5-7-14(12)16/h4-7,13H,2-3,8-11,16H2,1H3,(H,17,19). The Morgan fingerprint density at radius 2 is 2.16 bits per heavy atom. The van der Waals surface area contributed by atoms with Crippen LogP contribution in [-0.4, -0.2) is 23.5 Å². The highest BCUT2D eigenvalue weighted by Crippen LogP contribution is 2.29. The first-order valence-corrected chi connectivity index (χ1v) is 7.10. The number of para-hydroxylation sites is 1. The van der Waals surface area contributed by atoms with Crippen molar-refractivity contribution in [2.45, 2.75) is 45.2 Å². The SMILES string of the molecule is CCCCNC(=O)N(Cc1ccccc1N)C1CC1. The molecule has 4 nitrogen and oxygen atoms in total. The molecule has 104 valence electrons. The molecule has 0 bridgehead atoms. The summed E-state index contributed by atoms with van der Waals surface area (Å²) in [4.78, 5) is 14.1. The molecule has 4 heteroatoms. The van der Waals surface area contributed by atoms with Gasteiger partial charge in [0, 0.05) is 24.8 Å². The van der Waals surface area contributed by atoms with E-state index in [1.807, 2.05) is 29.2 Å². The Morgan fingerprint density at radius 1 is 1.42 bits per heavy atom. The van der Waals surface area contributed by atoms with E-state index in [2.05, 4.69) is 12.2 Å². The second-order valence-electron chi connectivity index (χ2n) is 5.14. The Morgan fingerprint density at radius 3 is 2.79 bits per heavy atom. The minimum absolute atomic E-state index is 0.0409. The summed E-state index contributed by atoms with van der Waals surface area (Å²) in [5, 5.41) is 2.99. The molecule has 3 N–H and O–H groups in total. The van der Waals surface area contributed by atoms with E-state index in [4.69, 9.17) is 5.73 Å². The number of hydrogen-bond donors (Lipinski definition) is 2. The predicted molar refractivity (Wildman–Crippen MR) is 77.7 cm³/mol. The summed E-state index contributed by atoms with van der Waals surface area (Å²) in [6.07, 6.45) is 4.33. The van der Waals surface area contributed by atoms with Crippen LogP contribution in [0.25, 0.3) is 0 Å². The Balaban J connectivity index is 1.96. The smallest absolute Gasteiger partial charge is 0.317 e. The normalized spacial score (nSPS) is 14.2. The Kier molecular flexibility index (Phi) is 4.66. The van der Waals surface area contributed by atoms with Gasteiger partial charge in [-0.15, -0.1) is 0 Å².